The molecule has 0 spiro atoms. The summed E-state index contributed by atoms with van der Waals surface area (Å²) in [5.41, 5.74) is 0. The summed E-state index contributed by atoms with van der Waals surface area (Å²) in [6.45, 7) is 2.78. The summed E-state index contributed by atoms with van der Waals surface area (Å²) in [5, 5.41) is 63.0. The number of carbonyl (C=O) groups excluding carboxylic acids is 1. The minimum atomic E-state index is -1.60. The molecule has 11 nitrogen and oxygen atoms in total. The second kappa shape index (κ2) is 26.0. The zero-order valence-electron chi connectivity index (χ0n) is 29.2. The molecule has 8 atom stereocenters. The minimum Gasteiger partial charge on any atom is -0.394 e. The van der Waals surface area contributed by atoms with Gasteiger partial charge in [0.1, 0.15) is 30.5 Å². The van der Waals surface area contributed by atoms with Crippen LogP contribution in [-0.4, -0.2) is 112 Å². The van der Waals surface area contributed by atoms with Crippen molar-refractivity contribution in [3.05, 3.63) is 0 Å². The Hall–Kier alpha value is -0.890. The molecule has 278 valence electrons. The number of aliphatic hydroxyl groups excluding tert-OH is 6. The van der Waals surface area contributed by atoms with Crippen molar-refractivity contribution < 1.29 is 49.6 Å². The van der Waals surface area contributed by atoms with Crippen LogP contribution >= 0.6 is 0 Å². The molecule has 2 rings (SSSR count). The summed E-state index contributed by atoms with van der Waals surface area (Å²) in [7, 11) is 0. The third-order valence-electron chi connectivity index (χ3n) is 9.83. The number of hydrogen-bond donors (Lipinski definition) is 7. The van der Waals surface area contributed by atoms with Crippen LogP contribution in [0.5, 0.6) is 0 Å². The van der Waals surface area contributed by atoms with Crippen molar-refractivity contribution in [2.24, 2.45) is 5.92 Å². The van der Waals surface area contributed by atoms with Gasteiger partial charge in [-0.1, -0.05) is 116 Å². The monoisotopic (exact) mass is 675 g/mol. The van der Waals surface area contributed by atoms with E-state index in [1.807, 2.05) is 0 Å². The van der Waals surface area contributed by atoms with Gasteiger partial charge in [-0.05, 0) is 19.3 Å². The molecule has 11 heteroatoms. The summed E-state index contributed by atoms with van der Waals surface area (Å²) >= 11 is 0. The van der Waals surface area contributed by atoms with Crippen LogP contribution in [0.2, 0.25) is 0 Å². The average Bonchev–Trinajstić information content (AvgIpc) is 3.05. The van der Waals surface area contributed by atoms with Gasteiger partial charge in [-0.2, -0.15) is 0 Å². The predicted molar refractivity (Wildman–Crippen MR) is 181 cm³/mol. The van der Waals surface area contributed by atoms with Crippen LogP contribution in [-0.2, 0) is 19.0 Å². The maximum absolute atomic E-state index is 12.6. The van der Waals surface area contributed by atoms with Gasteiger partial charge in [0.05, 0.1) is 38.6 Å². The quantitative estimate of drug-likeness (QED) is 0.0576. The first-order chi connectivity index (χ1) is 22.8. The fourth-order valence-corrected chi connectivity index (χ4v) is 6.42. The SMILES string of the molecule is CC[C@@H](O)[C@@H](O)[C@H](COC1OC(CO)C(O)C(O)C1O)NC(=O)CCCCCCCCCCCCCCCCCCCCC1COC1. The Morgan fingerprint density at radius 2 is 1.23 bits per heavy atom. The van der Waals surface area contributed by atoms with Gasteiger partial charge in [0, 0.05) is 12.3 Å². The number of aliphatic hydroxyl groups is 6. The van der Waals surface area contributed by atoms with Crippen LogP contribution < -0.4 is 5.32 Å². The standard InChI is InChI=1S/C36H69NO10/c1-2-29(39)32(41)28(26-46-36-35(44)34(43)33(42)30(23-38)47-36)37-31(40)22-20-18-16-14-12-10-8-6-4-3-5-7-9-11-13-15-17-19-21-27-24-45-25-27/h27-30,32-36,38-39,41-44H,2-26H2,1H3,(H,37,40)/t28-,29+,30?,32-,33?,34?,35?,36?/m0/s1. The highest BCUT2D eigenvalue weighted by Gasteiger charge is 2.44. The molecule has 1 amide bonds. The zero-order valence-corrected chi connectivity index (χ0v) is 29.2. The molecule has 0 aliphatic carbocycles. The smallest absolute Gasteiger partial charge is 0.220 e. The van der Waals surface area contributed by atoms with Crippen molar-refractivity contribution in [2.45, 2.75) is 191 Å². The molecule has 5 unspecified atom stereocenters. The first kappa shape index (κ1) is 42.3. The molecule has 2 aliphatic rings. The Morgan fingerprint density at radius 3 is 1.68 bits per heavy atom. The van der Waals surface area contributed by atoms with E-state index in [9.17, 15) is 35.4 Å². The molecule has 47 heavy (non-hydrogen) atoms. The number of carbonyl (C=O) groups is 1. The van der Waals surface area contributed by atoms with E-state index in [2.05, 4.69) is 5.32 Å². The second-order valence-corrected chi connectivity index (χ2v) is 14.0. The van der Waals surface area contributed by atoms with Gasteiger partial charge in [0.15, 0.2) is 6.29 Å². The number of amides is 1. The summed E-state index contributed by atoms with van der Waals surface area (Å²) in [6.07, 6.45) is 15.1. The molecule has 2 heterocycles. The lowest BCUT2D eigenvalue weighted by molar-refractivity contribution is -0.303. The highest BCUT2D eigenvalue weighted by atomic mass is 16.7. The van der Waals surface area contributed by atoms with Crippen molar-refractivity contribution in [1.29, 1.82) is 0 Å². The van der Waals surface area contributed by atoms with Gasteiger partial charge in [-0.25, -0.2) is 0 Å². The molecule has 2 saturated heterocycles. The molecule has 0 bridgehead atoms. The van der Waals surface area contributed by atoms with Gasteiger partial charge in [0.25, 0.3) is 0 Å². The van der Waals surface area contributed by atoms with Gasteiger partial charge in [0.2, 0.25) is 5.91 Å². The first-order valence-corrected chi connectivity index (χ1v) is 18.9. The van der Waals surface area contributed by atoms with Gasteiger partial charge < -0.3 is 50.2 Å². The van der Waals surface area contributed by atoms with Gasteiger partial charge in [-0.15, -0.1) is 0 Å². The molecule has 2 fully saturated rings. The number of ether oxygens (including phenoxy) is 3. The van der Waals surface area contributed by atoms with Crippen LogP contribution in [0.3, 0.4) is 0 Å². The van der Waals surface area contributed by atoms with E-state index in [4.69, 9.17) is 14.2 Å². The highest BCUT2D eigenvalue weighted by Crippen LogP contribution is 2.23. The Labute approximate surface area is 283 Å². The Balaban J connectivity index is 1.44. The van der Waals surface area contributed by atoms with Crippen molar-refractivity contribution in [3.63, 3.8) is 0 Å². The van der Waals surface area contributed by atoms with E-state index in [1.54, 1.807) is 6.92 Å². The molecule has 0 aromatic rings. The lowest BCUT2D eigenvalue weighted by Crippen LogP contribution is -2.60. The van der Waals surface area contributed by atoms with Crippen LogP contribution in [0.4, 0.5) is 0 Å². The maximum Gasteiger partial charge on any atom is 0.220 e. The Bertz CT molecular complexity index is 770. The fourth-order valence-electron chi connectivity index (χ4n) is 6.42. The first-order valence-electron chi connectivity index (χ1n) is 18.9. The van der Waals surface area contributed by atoms with Crippen molar-refractivity contribution >= 4 is 5.91 Å². The zero-order chi connectivity index (χ0) is 34.3. The minimum absolute atomic E-state index is 0.255. The summed E-state index contributed by atoms with van der Waals surface area (Å²) < 4.78 is 16.1. The maximum atomic E-state index is 12.6. The van der Waals surface area contributed by atoms with E-state index < -0.39 is 55.6 Å². The van der Waals surface area contributed by atoms with E-state index in [1.165, 1.54) is 96.3 Å². The molecule has 0 aromatic carbocycles. The molecular weight excluding hydrogens is 606 g/mol. The van der Waals surface area contributed by atoms with Crippen molar-refractivity contribution in [2.75, 3.05) is 26.4 Å². The normalized spacial score (nSPS) is 25.3. The average molecular weight is 676 g/mol. The molecule has 0 radical (unpaired) electrons. The highest BCUT2D eigenvalue weighted by molar-refractivity contribution is 5.76. The van der Waals surface area contributed by atoms with Crippen LogP contribution in [0, 0.1) is 5.92 Å². The molecule has 0 aromatic heterocycles. The van der Waals surface area contributed by atoms with Crippen molar-refractivity contribution in [3.8, 4) is 0 Å². The molecule has 2 aliphatic heterocycles. The van der Waals surface area contributed by atoms with Crippen LogP contribution in [0.15, 0.2) is 0 Å². The summed E-state index contributed by atoms with van der Waals surface area (Å²) in [4.78, 5) is 12.6. The summed E-state index contributed by atoms with van der Waals surface area (Å²) in [5.74, 6) is 0.577. The Kier molecular flexibility index (Phi) is 23.4. The second-order valence-electron chi connectivity index (χ2n) is 14.0. The molecule has 0 saturated carbocycles. The fraction of sp³-hybridized carbons (Fsp3) is 0.972. The third-order valence-corrected chi connectivity index (χ3v) is 9.83. The van der Waals surface area contributed by atoms with Crippen LogP contribution in [0.1, 0.15) is 142 Å². The van der Waals surface area contributed by atoms with E-state index in [0.29, 0.717) is 0 Å². The third kappa shape index (κ3) is 17.6. The van der Waals surface area contributed by atoms with Gasteiger partial charge >= 0.3 is 0 Å². The lowest BCUT2D eigenvalue weighted by atomic mass is 9.98. The van der Waals surface area contributed by atoms with Gasteiger partial charge in [-0.3, -0.25) is 4.79 Å². The Morgan fingerprint density at radius 1 is 0.745 bits per heavy atom. The predicted octanol–water partition coefficient (Wildman–Crippen LogP) is 3.87. The van der Waals surface area contributed by atoms with Crippen LogP contribution in [0.25, 0.3) is 0 Å². The van der Waals surface area contributed by atoms with E-state index in [0.717, 1.165) is 44.8 Å². The lowest BCUT2D eigenvalue weighted by Gasteiger charge is -2.40. The number of unbranched alkanes of at least 4 members (excludes halogenated alkanes) is 17. The number of rotatable bonds is 29. The van der Waals surface area contributed by atoms with E-state index >= 15 is 0 Å². The number of hydrogen-bond acceptors (Lipinski definition) is 10. The number of nitrogens with one attached hydrogen (secondary N) is 1. The van der Waals surface area contributed by atoms with E-state index in [-0.39, 0.29) is 25.4 Å². The largest absolute Gasteiger partial charge is 0.394 e. The molecular formula is C36H69NO10. The summed E-state index contributed by atoms with van der Waals surface area (Å²) in [6, 6.07) is -0.984. The molecule has 7 N–H and O–H groups in total. The topological polar surface area (TPSA) is 178 Å². The van der Waals surface area contributed by atoms with Crippen molar-refractivity contribution in [1.82, 2.24) is 5.32 Å².